The third kappa shape index (κ3) is 4.55. The second-order valence-electron chi connectivity index (χ2n) is 11.6. The molecule has 4 fully saturated rings. The van der Waals surface area contributed by atoms with Crippen molar-refractivity contribution >= 4 is 15.9 Å². The van der Waals surface area contributed by atoms with Crippen molar-refractivity contribution in [1.82, 2.24) is 9.62 Å². The van der Waals surface area contributed by atoms with E-state index in [1.54, 1.807) is 13.1 Å². The molecular weight excluding hydrogens is 456 g/mol. The average molecular weight is 495 g/mol. The molecule has 0 spiro atoms. The molecule has 35 heavy (non-hydrogen) atoms. The van der Waals surface area contributed by atoms with Crippen LogP contribution in [-0.4, -0.2) is 31.7 Å². The van der Waals surface area contributed by atoms with Crippen molar-refractivity contribution in [3.63, 3.8) is 0 Å². The number of carbonyl (C=O) groups is 1. The average Bonchev–Trinajstić information content (AvgIpc) is 2.80. The van der Waals surface area contributed by atoms with Gasteiger partial charge in [0.05, 0.1) is 4.90 Å². The summed E-state index contributed by atoms with van der Waals surface area (Å²) < 4.78 is 28.4. The second kappa shape index (κ2) is 9.04. The van der Waals surface area contributed by atoms with Crippen molar-refractivity contribution in [3.05, 3.63) is 64.7 Å². The Hall–Kier alpha value is -2.18. The minimum atomic E-state index is -3.76. The lowest BCUT2D eigenvalue weighted by atomic mass is 9.48. The van der Waals surface area contributed by atoms with Gasteiger partial charge in [0, 0.05) is 25.2 Å². The van der Waals surface area contributed by atoms with Crippen molar-refractivity contribution in [2.75, 3.05) is 7.05 Å². The molecule has 4 aliphatic carbocycles. The van der Waals surface area contributed by atoms with Crippen molar-refractivity contribution in [2.45, 2.75) is 76.8 Å². The molecular formula is C29H38N2O3S. The van der Waals surface area contributed by atoms with Gasteiger partial charge in [-0.05, 0) is 111 Å². The monoisotopic (exact) mass is 494 g/mol. The predicted octanol–water partition coefficient (Wildman–Crippen LogP) is 5.46. The zero-order chi connectivity index (χ0) is 25.0. The number of nitrogens with zero attached hydrogens (tertiary/aromatic N) is 1. The highest BCUT2D eigenvalue weighted by Crippen LogP contribution is 2.61. The lowest BCUT2D eigenvalue weighted by Gasteiger charge is -2.59. The second-order valence-corrected chi connectivity index (χ2v) is 13.7. The smallest absolute Gasteiger partial charge is 0.251 e. The molecule has 4 aliphatic rings. The van der Waals surface area contributed by atoms with Crippen LogP contribution >= 0.6 is 0 Å². The third-order valence-corrected chi connectivity index (χ3v) is 11.1. The Morgan fingerprint density at radius 1 is 1.03 bits per heavy atom. The van der Waals surface area contributed by atoms with Gasteiger partial charge >= 0.3 is 0 Å². The van der Waals surface area contributed by atoms with E-state index in [-0.39, 0.29) is 28.8 Å². The highest BCUT2D eigenvalue weighted by atomic mass is 32.2. The zero-order valence-corrected chi connectivity index (χ0v) is 22.2. The van der Waals surface area contributed by atoms with Gasteiger partial charge in [-0.2, -0.15) is 4.31 Å². The van der Waals surface area contributed by atoms with Crippen LogP contribution in [0.15, 0.2) is 47.4 Å². The maximum atomic E-state index is 13.5. The normalized spacial score (nSPS) is 28.3. The molecule has 4 saturated carbocycles. The summed E-state index contributed by atoms with van der Waals surface area (Å²) in [4.78, 5) is 13.6. The molecule has 1 atom stereocenters. The Labute approximate surface area is 210 Å². The molecule has 0 aromatic heterocycles. The van der Waals surface area contributed by atoms with Crippen LogP contribution in [0.5, 0.6) is 0 Å². The van der Waals surface area contributed by atoms with Crippen LogP contribution < -0.4 is 5.32 Å². The van der Waals surface area contributed by atoms with Gasteiger partial charge < -0.3 is 5.32 Å². The van der Waals surface area contributed by atoms with Crippen LogP contribution in [0.1, 0.15) is 72.5 Å². The van der Waals surface area contributed by atoms with Crippen molar-refractivity contribution < 1.29 is 13.2 Å². The van der Waals surface area contributed by atoms with E-state index in [1.807, 2.05) is 50.2 Å². The molecule has 1 unspecified atom stereocenters. The van der Waals surface area contributed by atoms with E-state index < -0.39 is 10.0 Å². The van der Waals surface area contributed by atoms with Gasteiger partial charge in [-0.3, -0.25) is 4.79 Å². The minimum Gasteiger partial charge on any atom is -0.349 e. The van der Waals surface area contributed by atoms with Crippen LogP contribution in [-0.2, 0) is 16.6 Å². The molecule has 0 saturated heterocycles. The van der Waals surface area contributed by atoms with Gasteiger partial charge in [0.15, 0.2) is 0 Å². The van der Waals surface area contributed by atoms with E-state index in [9.17, 15) is 13.2 Å². The summed E-state index contributed by atoms with van der Waals surface area (Å²) in [6.45, 7) is 6.14. The van der Waals surface area contributed by atoms with Crippen LogP contribution in [0, 0.1) is 37.0 Å². The minimum absolute atomic E-state index is 0.0887. The molecule has 4 bridgehead atoms. The Bertz CT molecular complexity index is 1190. The summed E-state index contributed by atoms with van der Waals surface area (Å²) in [6.07, 6.45) is 7.77. The first-order valence-corrected chi connectivity index (χ1v) is 14.4. The third-order valence-electron chi connectivity index (χ3n) is 9.17. The largest absolute Gasteiger partial charge is 0.349 e. The first-order valence-electron chi connectivity index (χ1n) is 13.0. The van der Waals surface area contributed by atoms with E-state index in [2.05, 4.69) is 12.2 Å². The van der Waals surface area contributed by atoms with E-state index in [0.29, 0.717) is 11.1 Å². The predicted molar refractivity (Wildman–Crippen MR) is 139 cm³/mol. The van der Waals surface area contributed by atoms with Crippen LogP contribution in [0.25, 0.3) is 0 Å². The molecule has 0 aliphatic heterocycles. The summed E-state index contributed by atoms with van der Waals surface area (Å²) in [5.74, 6) is 2.29. The molecule has 6 rings (SSSR count). The number of benzene rings is 2. The number of rotatable bonds is 7. The maximum absolute atomic E-state index is 13.5. The van der Waals surface area contributed by atoms with Gasteiger partial charge in [0.1, 0.15) is 0 Å². The van der Waals surface area contributed by atoms with Crippen molar-refractivity contribution in [2.24, 2.45) is 23.2 Å². The number of carbonyl (C=O) groups excluding carboxylic acids is 1. The number of sulfonamides is 1. The van der Waals surface area contributed by atoms with Gasteiger partial charge in [0.25, 0.3) is 5.91 Å². The van der Waals surface area contributed by atoms with Gasteiger partial charge in [-0.25, -0.2) is 8.42 Å². The summed E-state index contributed by atoms with van der Waals surface area (Å²) in [6, 6.07) is 13.0. The molecule has 1 amide bonds. The highest BCUT2D eigenvalue weighted by Gasteiger charge is 2.53. The summed E-state index contributed by atoms with van der Waals surface area (Å²) in [7, 11) is -2.16. The Kier molecular flexibility index (Phi) is 6.33. The molecule has 5 nitrogen and oxygen atoms in total. The first kappa shape index (κ1) is 24.5. The lowest BCUT2D eigenvalue weighted by molar-refractivity contribution is -0.0688. The topological polar surface area (TPSA) is 66.5 Å². The standard InChI is InChI=1S/C29H38N2O3S/c1-19-10-26(14-27(20(19)2)35(33,34)31(4)18-22-8-6-5-7-9-22)28(32)30-21(3)29-15-23-11-24(16-29)13-25(12-23)17-29/h5-10,14,21,23-25H,11-13,15-18H2,1-4H3,(H,30,32). The molecule has 0 radical (unpaired) electrons. The summed E-state index contributed by atoms with van der Waals surface area (Å²) in [5, 5.41) is 3.30. The fourth-order valence-electron chi connectivity index (χ4n) is 7.46. The molecule has 2 aromatic rings. The maximum Gasteiger partial charge on any atom is 0.251 e. The van der Waals surface area contributed by atoms with Crippen molar-refractivity contribution in [1.29, 1.82) is 0 Å². The molecule has 0 heterocycles. The van der Waals surface area contributed by atoms with E-state index in [0.717, 1.165) is 28.9 Å². The van der Waals surface area contributed by atoms with Crippen LogP contribution in [0.4, 0.5) is 0 Å². The zero-order valence-electron chi connectivity index (χ0n) is 21.4. The Balaban J connectivity index is 1.37. The number of hydrogen-bond acceptors (Lipinski definition) is 3. The van der Waals surface area contributed by atoms with Crippen LogP contribution in [0.3, 0.4) is 0 Å². The molecule has 1 N–H and O–H groups in total. The Morgan fingerprint density at radius 2 is 1.60 bits per heavy atom. The fraction of sp³-hybridized carbons (Fsp3) is 0.552. The van der Waals surface area contributed by atoms with Gasteiger partial charge in [-0.1, -0.05) is 30.3 Å². The van der Waals surface area contributed by atoms with Gasteiger partial charge in [-0.15, -0.1) is 0 Å². The summed E-state index contributed by atoms with van der Waals surface area (Å²) >= 11 is 0. The molecule has 2 aromatic carbocycles. The summed E-state index contributed by atoms with van der Waals surface area (Å²) in [5.41, 5.74) is 3.06. The van der Waals surface area contributed by atoms with E-state index >= 15 is 0 Å². The van der Waals surface area contributed by atoms with Crippen LogP contribution in [0.2, 0.25) is 0 Å². The lowest BCUT2D eigenvalue weighted by Crippen LogP contribution is -2.55. The highest BCUT2D eigenvalue weighted by molar-refractivity contribution is 7.89. The first-order chi connectivity index (χ1) is 16.6. The van der Waals surface area contributed by atoms with E-state index in [4.69, 9.17) is 0 Å². The van der Waals surface area contributed by atoms with Crippen molar-refractivity contribution in [3.8, 4) is 0 Å². The number of amides is 1. The number of aryl methyl sites for hydroxylation is 1. The SMILES string of the molecule is Cc1cc(C(=O)NC(C)C23CC4CC(CC(C4)C2)C3)cc(S(=O)(=O)N(C)Cc2ccccc2)c1C. The molecule has 188 valence electrons. The van der Waals surface area contributed by atoms with E-state index in [1.165, 1.54) is 42.8 Å². The number of nitrogens with one attached hydrogen (secondary N) is 1. The quantitative estimate of drug-likeness (QED) is 0.556. The Morgan fingerprint density at radius 3 is 2.17 bits per heavy atom. The molecule has 6 heteroatoms. The van der Waals surface area contributed by atoms with Gasteiger partial charge in [0.2, 0.25) is 10.0 Å². The fourth-order valence-corrected chi connectivity index (χ4v) is 8.94. The number of hydrogen-bond donors (Lipinski definition) is 1.